The van der Waals surface area contributed by atoms with Crippen molar-refractivity contribution < 1.29 is 0 Å². The average molecular weight is 213 g/mol. The third-order valence-electron chi connectivity index (χ3n) is 3.28. The minimum atomic E-state index is 1.01. The van der Waals surface area contributed by atoms with E-state index < -0.39 is 0 Å². The van der Waals surface area contributed by atoms with E-state index in [0.717, 1.165) is 17.8 Å². The van der Waals surface area contributed by atoms with Gasteiger partial charge in [0.05, 0.1) is 0 Å². The maximum atomic E-state index is 2.52. The van der Waals surface area contributed by atoms with Gasteiger partial charge < -0.3 is 4.90 Å². The molecule has 0 spiro atoms. The van der Waals surface area contributed by atoms with E-state index in [2.05, 4.69) is 18.9 Å². The Kier molecular flexibility index (Phi) is 8.13. The molecule has 0 aromatic heterocycles. The highest BCUT2D eigenvalue weighted by Crippen LogP contribution is 2.36. The number of hydrogen-bond acceptors (Lipinski definition) is 1. The molecule has 1 aliphatic carbocycles. The number of nitrogens with zero attached hydrogens (tertiary/aromatic N) is 1. The first-order valence-electron chi connectivity index (χ1n) is 6.92. The molecular weight excluding hydrogens is 182 g/mol. The van der Waals surface area contributed by atoms with Crippen molar-refractivity contribution in [2.24, 2.45) is 17.8 Å². The monoisotopic (exact) mass is 213 g/mol. The summed E-state index contributed by atoms with van der Waals surface area (Å²) in [6, 6.07) is 0. The Balaban J connectivity index is 0.000000442. The summed E-state index contributed by atoms with van der Waals surface area (Å²) in [5.74, 6) is 3.07. The van der Waals surface area contributed by atoms with Gasteiger partial charge in [0, 0.05) is 13.1 Å². The second-order valence-electron chi connectivity index (χ2n) is 4.77. The molecule has 1 heterocycles. The Bertz CT molecular complexity index is 111. The van der Waals surface area contributed by atoms with Crippen LogP contribution >= 0.6 is 0 Å². The highest BCUT2D eigenvalue weighted by molar-refractivity contribution is 4.84. The zero-order valence-corrected chi connectivity index (χ0v) is 11.7. The predicted octanol–water partition coefficient (Wildman–Crippen LogP) is 4.04. The molecule has 0 N–H and O–H groups in total. The maximum Gasteiger partial charge on any atom is 0.000693 e. The van der Waals surface area contributed by atoms with Crippen LogP contribution in [0.4, 0.5) is 0 Å². The van der Waals surface area contributed by atoms with E-state index in [4.69, 9.17) is 0 Å². The molecule has 2 fully saturated rings. The molecule has 2 rings (SSSR count). The molecular formula is C14H31N. The zero-order valence-electron chi connectivity index (χ0n) is 11.7. The summed E-state index contributed by atoms with van der Waals surface area (Å²) in [4.78, 5) is 2.52. The molecule has 2 atom stereocenters. The van der Waals surface area contributed by atoms with Gasteiger partial charge in [0.1, 0.15) is 0 Å². The van der Waals surface area contributed by atoms with Gasteiger partial charge in [0.15, 0.2) is 0 Å². The van der Waals surface area contributed by atoms with E-state index in [-0.39, 0.29) is 0 Å². The molecule has 2 aliphatic rings. The largest absolute Gasteiger partial charge is 0.306 e. The van der Waals surface area contributed by atoms with Crippen LogP contribution in [-0.4, -0.2) is 25.0 Å². The van der Waals surface area contributed by atoms with E-state index in [1.807, 2.05) is 27.7 Å². The van der Waals surface area contributed by atoms with Crippen molar-refractivity contribution in [2.75, 3.05) is 20.1 Å². The molecule has 0 radical (unpaired) electrons. The molecule has 1 heteroatoms. The molecule has 1 saturated heterocycles. The van der Waals surface area contributed by atoms with Crippen LogP contribution in [0, 0.1) is 17.8 Å². The number of piperidine rings is 1. The minimum Gasteiger partial charge on any atom is -0.306 e. The second-order valence-corrected chi connectivity index (χ2v) is 4.77. The molecule has 1 aliphatic heterocycles. The average Bonchev–Trinajstić information content (AvgIpc) is 2.21. The van der Waals surface area contributed by atoms with Crippen LogP contribution in [0.3, 0.4) is 0 Å². The molecule has 1 nitrogen and oxygen atoms in total. The molecule has 0 aromatic carbocycles. The summed E-state index contributed by atoms with van der Waals surface area (Å²) >= 11 is 0. The molecule has 0 amide bonds. The zero-order chi connectivity index (χ0) is 11.8. The topological polar surface area (TPSA) is 3.24 Å². The van der Waals surface area contributed by atoms with Crippen molar-refractivity contribution >= 4 is 0 Å². The van der Waals surface area contributed by atoms with Gasteiger partial charge in [-0.3, -0.25) is 0 Å². The van der Waals surface area contributed by atoms with Gasteiger partial charge in [-0.1, -0.05) is 34.6 Å². The summed E-state index contributed by atoms with van der Waals surface area (Å²) in [7, 11) is 2.27. The van der Waals surface area contributed by atoms with E-state index in [0.29, 0.717) is 0 Å². The fourth-order valence-electron chi connectivity index (χ4n) is 3.15. The van der Waals surface area contributed by atoms with Crippen LogP contribution < -0.4 is 0 Å². The number of fused-ring (bicyclic) bond motifs is 2. The van der Waals surface area contributed by atoms with Crippen LogP contribution in [0.15, 0.2) is 0 Å². The van der Waals surface area contributed by atoms with Crippen LogP contribution in [0.5, 0.6) is 0 Å². The van der Waals surface area contributed by atoms with Gasteiger partial charge >= 0.3 is 0 Å². The predicted molar refractivity (Wildman–Crippen MR) is 70.2 cm³/mol. The second kappa shape index (κ2) is 8.15. The molecule has 92 valence electrons. The summed E-state index contributed by atoms with van der Waals surface area (Å²) in [6.45, 7) is 13.1. The number of likely N-dealkylation sites (tertiary alicyclic amines) is 1. The fourth-order valence-corrected chi connectivity index (χ4v) is 3.15. The van der Waals surface area contributed by atoms with E-state index >= 15 is 0 Å². The summed E-state index contributed by atoms with van der Waals surface area (Å²) < 4.78 is 0. The van der Waals surface area contributed by atoms with Gasteiger partial charge in [-0.05, 0) is 44.1 Å². The van der Waals surface area contributed by atoms with Gasteiger partial charge in [-0.15, -0.1) is 0 Å². The SMILES string of the molecule is CC.CC.CC1CC2CC(C1)CN(C)C2. The maximum absolute atomic E-state index is 2.52. The van der Waals surface area contributed by atoms with Gasteiger partial charge in [0.25, 0.3) is 0 Å². The fraction of sp³-hybridized carbons (Fsp3) is 1.00. The van der Waals surface area contributed by atoms with Crippen molar-refractivity contribution in [2.45, 2.75) is 53.9 Å². The normalized spacial score (nSPS) is 34.4. The third-order valence-corrected chi connectivity index (χ3v) is 3.28. The lowest BCUT2D eigenvalue weighted by atomic mass is 9.73. The first-order chi connectivity index (χ1) is 7.24. The molecule has 2 unspecified atom stereocenters. The highest BCUT2D eigenvalue weighted by atomic mass is 15.1. The first kappa shape index (κ1) is 15.0. The summed E-state index contributed by atoms with van der Waals surface area (Å²) in [5, 5.41) is 0. The summed E-state index contributed by atoms with van der Waals surface area (Å²) in [6.07, 6.45) is 4.50. The quantitative estimate of drug-likeness (QED) is 0.587. The number of hydrogen-bond donors (Lipinski definition) is 0. The molecule has 2 bridgehead atoms. The van der Waals surface area contributed by atoms with Gasteiger partial charge in [0.2, 0.25) is 0 Å². The van der Waals surface area contributed by atoms with Crippen LogP contribution in [0.2, 0.25) is 0 Å². The molecule has 0 aromatic rings. The van der Waals surface area contributed by atoms with Crippen molar-refractivity contribution in [3.05, 3.63) is 0 Å². The van der Waals surface area contributed by atoms with E-state index in [1.165, 1.54) is 32.4 Å². The lowest BCUT2D eigenvalue weighted by Crippen LogP contribution is -2.42. The van der Waals surface area contributed by atoms with Crippen molar-refractivity contribution in [3.8, 4) is 0 Å². The Morgan fingerprint density at radius 3 is 1.60 bits per heavy atom. The van der Waals surface area contributed by atoms with Crippen LogP contribution in [-0.2, 0) is 0 Å². The van der Waals surface area contributed by atoms with Crippen molar-refractivity contribution in [1.29, 1.82) is 0 Å². The van der Waals surface area contributed by atoms with Crippen LogP contribution in [0.1, 0.15) is 53.9 Å². The van der Waals surface area contributed by atoms with Crippen LogP contribution in [0.25, 0.3) is 0 Å². The van der Waals surface area contributed by atoms with Gasteiger partial charge in [-0.25, -0.2) is 0 Å². The van der Waals surface area contributed by atoms with E-state index in [9.17, 15) is 0 Å². The van der Waals surface area contributed by atoms with E-state index in [1.54, 1.807) is 0 Å². The lowest BCUT2D eigenvalue weighted by molar-refractivity contribution is 0.0802. The Morgan fingerprint density at radius 2 is 1.20 bits per heavy atom. The highest BCUT2D eigenvalue weighted by Gasteiger charge is 2.31. The lowest BCUT2D eigenvalue weighted by Gasteiger charge is -2.42. The van der Waals surface area contributed by atoms with Crippen molar-refractivity contribution in [3.63, 3.8) is 0 Å². The molecule has 15 heavy (non-hydrogen) atoms. The Labute approximate surface area is 97.2 Å². The smallest absolute Gasteiger partial charge is 0.000693 e. The van der Waals surface area contributed by atoms with Gasteiger partial charge in [-0.2, -0.15) is 0 Å². The molecule has 1 saturated carbocycles. The Morgan fingerprint density at radius 1 is 0.800 bits per heavy atom. The first-order valence-corrected chi connectivity index (χ1v) is 6.92. The number of rotatable bonds is 0. The summed E-state index contributed by atoms with van der Waals surface area (Å²) in [5.41, 5.74) is 0. The van der Waals surface area contributed by atoms with Crippen molar-refractivity contribution in [1.82, 2.24) is 4.90 Å². The standard InChI is InChI=1S/C10H19N.2C2H6/c1-8-3-9-5-10(4-8)7-11(2)6-9;2*1-2/h8-10H,3-7H2,1-2H3;2*1-2H3. The third kappa shape index (κ3) is 5.01. The minimum absolute atomic E-state index is 1.01. The Hall–Kier alpha value is -0.0400.